The van der Waals surface area contributed by atoms with Gasteiger partial charge in [-0.2, -0.15) is 0 Å². The molecule has 2 amide bonds. The highest BCUT2D eigenvalue weighted by molar-refractivity contribution is 6.25. The van der Waals surface area contributed by atoms with Gasteiger partial charge in [0, 0.05) is 24.8 Å². The van der Waals surface area contributed by atoms with Gasteiger partial charge in [-0.1, -0.05) is 79.8 Å². The molecule has 0 aromatic rings. The average Bonchev–Trinajstić information content (AvgIpc) is 3.60. The topological polar surface area (TPSA) is 154 Å². The Morgan fingerprint density at radius 2 is 1.41 bits per heavy atom. The van der Waals surface area contributed by atoms with Crippen LogP contribution >= 0.6 is 0 Å². The molecule has 11 heteroatoms. The highest BCUT2D eigenvalue weighted by Gasteiger charge is 2.78. The van der Waals surface area contributed by atoms with Gasteiger partial charge in [-0.3, -0.25) is 14.5 Å². The van der Waals surface area contributed by atoms with Crippen molar-refractivity contribution in [2.45, 2.75) is 83.0 Å². The number of unbranched alkanes of at least 4 members (excludes halogenated alkanes) is 1. The molecule has 11 nitrogen and oxygen atoms in total. The number of hydrogen-bond donors (Lipinski definition) is 2. The molecule has 0 aromatic heterocycles. The third kappa shape index (κ3) is 8.33. The maximum Gasteiger partial charge on any atom is 0.410 e. The van der Waals surface area contributed by atoms with Crippen LogP contribution in [0.2, 0.25) is 0 Å². The van der Waals surface area contributed by atoms with E-state index in [1.165, 1.54) is 14.0 Å². The van der Waals surface area contributed by atoms with E-state index in [4.69, 9.17) is 25.7 Å². The minimum atomic E-state index is -1.31. The molecular weight excluding hydrogens is 624 g/mol. The van der Waals surface area contributed by atoms with Crippen LogP contribution in [0.15, 0.2) is 95.5 Å². The van der Waals surface area contributed by atoms with E-state index in [9.17, 15) is 19.2 Å². The standard InChI is InChI=1S/C38H50N4O7/c1-4-5-6-7-8-9-10-11-12-13-14-15-16-17-18-19-20-21-22-23-24-48-37(46)42-29-25-41-32-30(34(44)31(39)27(2)33(32)43)28(26-49-36(40)45)38(41,47-3)35(29)42/h5-6,8-9,11-12,14-15,17-18,20-21,28-29,35H,4,7,10,13,16,19,22-26,39H2,1-3H3,(H2,40,45)/b6-5-,9-8-,12-11-,15-14-,18-17-,21-20-/t28-,29+,35+,38?,42?/m1/s1. The van der Waals surface area contributed by atoms with Gasteiger partial charge in [-0.05, 0) is 58.3 Å². The fourth-order valence-corrected chi connectivity index (χ4v) is 6.80. The van der Waals surface area contributed by atoms with Gasteiger partial charge in [0.25, 0.3) is 0 Å². The number of piperazine rings is 1. The largest absolute Gasteiger partial charge is 0.449 e. The minimum Gasteiger partial charge on any atom is -0.449 e. The van der Waals surface area contributed by atoms with Gasteiger partial charge in [0.15, 0.2) is 5.72 Å². The summed E-state index contributed by atoms with van der Waals surface area (Å²) in [5.41, 5.74) is 10.2. The Bertz CT molecular complexity index is 1500. The summed E-state index contributed by atoms with van der Waals surface area (Å²) in [6.45, 7) is 3.82. The van der Waals surface area contributed by atoms with Crippen molar-refractivity contribution in [3.63, 3.8) is 0 Å². The van der Waals surface area contributed by atoms with E-state index in [2.05, 4.69) is 79.8 Å². The lowest BCUT2D eigenvalue weighted by atomic mass is 9.82. The number of nitrogens with two attached hydrogens (primary N) is 2. The van der Waals surface area contributed by atoms with Gasteiger partial charge in [-0.25, -0.2) is 9.59 Å². The van der Waals surface area contributed by atoms with E-state index >= 15 is 0 Å². The summed E-state index contributed by atoms with van der Waals surface area (Å²) >= 11 is 0. The number of carbonyl (C=O) groups is 4. The molecular formula is C38H50N4O7. The Morgan fingerprint density at radius 3 is 1.94 bits per heavy atom. The Balaban J connectivity index is 1.16. The molecule has 264 valence electrons. The summed E-state index contributed by atoms with van der Waals surface area (Å²) in [6, 6.07) is -0.824. The Morgan fingerprint density at radius 1 is 0.857 bits per heavy atom. The molecule has 0 bridgehead atoms. The van der Waals surface area contributed by atoms with Crippen molar-refractivity contribution in [3.8, 4) is 0 Å². The van der Waals surface area contributed by atoms with Crippen LogP contribution in [0.25, 0.3) is 0 Å². The molecule has 1 aliphatic carbocycles. The van der Waals surface area contributed by atoms with Crippen LogP contribution in [0.4, 0.5) is 9.59 Å². The molecule has 0 aromatic carbocycles. The molecule has 3 heterocycles. The third-order valence-electron chi connectivity index (χ3n) is 9.24. The minimum absolute atomic E-state index is 0.117. The molecule has 0 radical (unpaired) electrons. The average molecular weight is 675 g/mol. The van der Waals surface area contributed by atoms with E-state index in [0.29, 0.717) is 6.42 Å². The molecule has 4 aliphatic rings. The van der Waals surface area contributed by atoms with E-state index < -0.39 is 35.7 Å². The molecule has 2 fully saturated rings. The number of carbonyl (C=O) groups excluding carboxylic acids is 4. The molecule has 1 unspecified atom stereocenters. The van der Waals surface area contributed by atoms with E-state index in [1.54, 1.807) is 9.80 Å². The van der Waals surface area contributed by atoms with Crippen molar-refractivity contribution < 1.29 is 33.4 Å². The van der Waals surface area contributed by atoms with Crippen LogP contribution in [0.1, 0.15) is 65.2 Å². The van der Waals surface area contributed by atoms with E-state index in [0.717, 1.165) is 44.9 Å². The first-order chi connectivity index (χ1) is 23.7. The molecule has 4 rings (SSSR count). The van der Waals surface area contributed by atoms with Crippen molar-refractivity contribution >= 4 is 23.8 Å². The zero-order valence-electron chi connectivity index (χ0n) is 28.8. The lowest BCUT2D eigenvalue weighted by molar-refractivity contribution is -0.144. The summed E-state index contributed by atoms with van der Waals surface area (Å²) in [5, 5.41) is 0. The van der Waals surface area contributed by atoms with Gasteiger partial charge < -0.3 is 30.6 Å². The highest BCUT2D eigenvalue weighted by atomic mass is 16.6. The molecule has 3 aliphatic heterocycles. The number of nitrogens with zero attached hydrogens (tertiary/aromatic N) is 2. The Labute approximate surface area is 289 Å². The number of methoxy groups -OCH3 is 1. The molecule has 2 saturated heterocycles. The number of ketones is 2. The van der Waals surface area contributed by atoms with E-state index in [1.807, 2.05) is 0 Å². The predicted molar refractivity (Wildman–Crippen MR) is 188 cm³/mol. The fraction of sp³-hybridized carbons (Fsp3) is 0.474. The first-order valence-corrected chi connectivity index (χ1v) is 17.1. The quantitative estimate of drug-likeness (QED) is 0.0809. The van der Waals surface area contributed by atoms with Gasteiger partial charge >= 0.3 is 12.2 Å². The normalized spacial score (nSPS) is 25.0. The van der Waals surface area contributed by atoms with Crippen molar-refractivity contribution in [1.29, 1.82) is 0 Å². The zero-order valence-corrected chi connectivity index (χ0v) is 28.8. The van der Waals surface area contributed by atoms with Crippen molar-refractivity contribution in [2.75, 3.05) is 26.9 Å². The first-order valence-electron chi connectivity index (χ1n) is 17.1. The van der Waals surface area contributed by atoms with Gasteiger partial charge in [-0.15, -0.1) is 0 Å². The number of ether oxygens (including phenoxy) is 3. The van der Waals surface area contributed by atoms with Crippen LogP contribution in [0.3, 0.4) is 0 Å². The maximum atomic E-state index is 13.3. The number of hydrogen-bond acceptors (Lipinski definition) is 9. The SMILES string of the molecule is CC/C=C\C/C=C\C/C=C\C/C=C\C/C=C\C/C=C\CCCOC(=O)N1[C@H]2[C@@H]1CN1C3=C(C(=O)C(N)=C(C)C3=O)[C@@H](COC(N)=O)C21OC. The second-order valence-electron chi connectivity index (χ2n) is 12.3. The number of amides is 2. The second kappa shape index (κ2) is 17.7. The van der Waals surface area contributed by atoms with Gasteiger partial charge in [0.2, 0.25) is 11.6 Å². The highest BCUT2D eigenvalue weighted by Crippen LogP contribution is 2.59. The fourth-order valence-electron chi connectivity index (χ4n) is 6.80. The number of rotatable bonds is 18. The first kappa shape index (κ1) is 37.2. The van der Waals surface area contributed by atoms with Gasteiger partial charge in [0.1, 0.15) is 12.6 Å². The number of Topliss-reactive ketones (excluding diaryl/α,β-unsaturated/α-hetero) is 2. The summed E-state index contributed by atoms with van der Waals surface area (Å²) < 4.78 is 16.7. The molecule has 4 atom stereocenters. The molecule has 49 heavy (non-hydrogen) atoms. The molecule has 0 spiro atoms. The molecule has 4 N–H and O–H groups in total. The van der Waals surface area contributed by atoms with Crippen LogP contribution in [-0.2, 0) is 23.8 Å². The summed E-state index contributed by atoms with van der Waals surface area (Å²) in [7, 11) is 1.44. The lowest BCUT2D eigenvalue weighted by Crippen LogP contribution is -2.56. The van der Waals surface area contributed by atoms with Crippen LogP contribution in [0, 0.1) is 5.92 Å². The van der Waals surface area contributed by atoms with Crippen LogP contribution in [0.5, 0.6) is 0 Å². The Hall–Kier alpha value is -4.64. The van der Waals surface area contributed by atoms with Crippen LogP contribution in [-0.4, -0.2) is 78.2 Å². The maximum absolute atomic E-state index is 13.3. The summed E-state index contributed by atoms with van der Waals surface area (Å²) in [6.07, 6.45) is 31.5. The van der Waals surface area contributed by atoms with E-state index in [-0.39, 0.29) is 54.1 Å². The summed E-state index contributed by atoms with van der Waals surface area (Å²) in [4.78, 5) is 54.5. The van der Waals surface area contributed by atoms with Crippen molar-refractivity contribution in [2.24, 2.45) is 17.4 Å². The van der Waals surface area contributed by atoms with Crippen molar-refractivity contribution in [1.82, 2.24) is 9.80 Å². The summed E-state index contributed by atoms with van der Waals surface area (Å²) in [5.74, 6) is -1.79. The molecule has 0 saturated carbocycles. The van der Waals surface area contributed by atoms with Gasteiger partial charge in [0.05, 0.1) is 30.0 Å². The third-order valence-corrected chi connectivity index (χ3v) is 9.24. The van der Waals surface area contributed by atoms with Crippen molar-refractivity contribution in [3.05, 3.63) is 95.5 Å². The Kier molecular flexibility index (Phi) is 13.4. The second-order valence-corrected chi connectivity index (χ2v) is 12.3. The predicted octanol–water partition coefficient (Wildman–Crippen LogP) is 5.68. The number of fused-ring (bicyclic) bond motifs is 4. The number of allylic oxidation sites excluding steroid dienone is 14. The zero-order chi connectivity index (χ0) is 35.4. The number of primary amides is 1. The van der Waals surface area contributed by atoms with Crippen LogP contribution < -0.4 is 11.5 Å². The lowest BCUT2D eigenvalue weighted by Gasteiger charge is -2.40. The monoisotopic (exact) mass is 674 g/mol. The smallest absolute Gasteiger partial charge is 0.410 e.